The SMILES string of the molecule is COc1ccc(-n2ncc(C(=O)N[C@H](C(=O)N3CCC[C@H]3C(=O)N/C(=C(/OC(C)=O)C(F)(F)F)C(C)C)C(C)C)c2C)cc1. The fourth-order valence-electron chi connectivity index (χ4n) is 4.92. The molecule has 2 aromatic rings. The average Bonchev–Trinajstić information content (AvgIpc) is 3.59. The molecule has 1 saturated heterocycles. The zero-order chi connectivity index (χ0) is 32.9. The molecule has 44 heavy (non-hydrogen) atoms. The molecule has 0 unspecified atom stereocenters. The predicted octanol–water partition coefficient (Wildman–Crippen LogP) is 4.04. The highest BCUT2D eigenvalue weighted by Gasteiger charge is 2.43. The minimum atomic E-state index is -5.05. The Morgan fingerprint density at radius 2 is 1.70 bits per heavy atom. The van der Waals surface area contributed by atoms with Crippen molar-refractivity contribution in [2.45, 2.75) is 72.6 Å². The number of carbonyl (C=O) groups is 4. The van der Waals surface area contributed by atoms with E-state index in [4.69, 9.17) is 4.74 Å². The predicted molar refractivity (Wildman–Crippen MR) is 154 cm³/mol. The van der Waals surface area contributed by atoms with Crippen LogP contribution >= 0.6 is 0 Å². The lowest BCUT2D eigenvalue weighted by Crippen LogP contribution is -2.55. The van der Waals surface area contributed by atoms with Crippen LogP contribution in [0.15, 0.2) is 41.9 Å². The molecule has 0 saturated carbocycles. The number of likely N-dealkylation sites (tertiary alicyclic amines) is 1. The summed E-state index contributed by atoms with van der Waals surface area (Å²) in [7, 11) is 1.55. The first-order chi connectivity index (χ1) is 20.6. The van der Waals surface area contributed by atoms with Crippen LogP contribution in [-0.4, -0.2) is 70.3 Å². The summed E-state index contributed by atoms with van der Waals surface area (Å²) in [4.78, 5) is 53.0. The molecule has 11 nitrogen and oxygen atoms in total. The number of alkyl halides is 3. The number of aromatic nitrogens is 2. The Kier molecular flexibility index (Phi) is 10.8. The van der Waals surface area contributed by atoms with E-state index in [0.29, 0.717) is 23.6 Å². The number of ether oxygens (including phenoxy) is 2. The van der Waals surface area contributed by atoms with Gasteiger partial charge in [-0.05, 0) is 55.9 Å². The third-order valence-electron chi connectivity index (χ3n) is 7.21. The molecule has 3 rings (SSSR count). The largest absolute Gasteiger partial charge is 0.497 e. The average molecular weight is 622 g/mol. The van der Waals surface area contributed by atoms with Crippen LogP contribution in [-0.2, 0) is 19.1 Å². The van der Waals surface area contributed by atoms with Gasteiger partial charge in [-0.25, -0.2) is 4.68 Å². The van der Waals surface area contributed by atoms with Crippen LogP contribution in [0, 0.1) is 18.8 Å². The molecule has 0 radical (unpaired) electrons. The first kappa shape index (κ1) is 34.1. The highest BCUT2D eigenvalue weighted by molar-refractivity contribution is 5.99. The number of esters is 1. The van der Waals surface area contributed by atoms with Crippen LogP contribution in [0.25, 0.3) is 5.69 Å². The van der Waals surface area contributed by atoms with E-state index in [1.54, 1.807) is 56.8 Å². The number of methoxy groups -OCH3 is 1. The van der Waals surface area contributed by atoms with Crippen molar-refractivity contribution >= 4 is 23.7 Å². The van der Waals surface area contributed by atoms with E-state index < -0.39 is 59.3 Å². The topological polar surface area (TPSA) is 132 Å². The van der Waals surface area contributed by atoms with Crippen LogP contribution in [0.3, 0.4) is 0 Å². The standard InChI is InChI=1S/C30H38F3N5O6/c1-16(2)24(26(30(31,32)33)44-19(6)39)35-28(41)23-9-8-14-37(23)29(42)25(17(3)4)36-27(40)22-15-34-38(18(22)5)20-10-12-21(43-7)13-11-20/h10-13,15-17,23,25H,8-9,14H2,1-7H3,(H,35,41)(H,36,40)/b26-24+/t23-,25-/m0/s1. The number of halogens is 3. The Labute approximate surface area is 253 Å². The number of nitrogens with one attached hydrogen (secondary N) is 2. The fraction of sp³-hybridized carbons (Fsp3) is 0.500. The monoisotopic (exact) mass is 621 g/mol. The van der Waals surface area contributed by atoms with Gasteiger partial charge in [0.05, 0.1) is 35.9 Å². The lowest BCUT2D eigenvalue weighted by atomic mass is 10.0. The second-order valence-electron chi connectivity index (χ2n) is 11.1. The highest BCUT2D eigenvalue weighted by Crippen LogP contribution is 2.32. The van der Waals surface area contributed by atoms with E-state index in [-0.39, 0.29) is 24.4 Å². The Balaban J connectivity index is 1.82. The fourth-order valence-corrected chi connectivity index (χ4v) is 4.92. The summed E-state index contributed by atoms with van der Waals surface area (Å²) in [5.41, 5.74) is 0.853. The van der Waals surface area contributed by atoms with Gasteiger partial charge in [-0.1, -0.05) is 27.7 Å². The van der Waals surface area contributed by atoms with Crippen molar-refractivity contribution < 1.29 is 41.8 Å². The molecule has 240 valence electrons. The maximum absolute atomic E-state index is 13.7. The minimum Gasteiger partial charge on any atom is -0.497 e. The van der Waals surface area contributed by atoms with Crippen molar-refractivity contribution in [2.24, 2.45) is 11.8 Å². The summed E-state index contributed by atoms with van der Waals surface area (Å²) in [5.74, 6) is -5.34. The molecule has 2 heterocycles. The van der Waals surface area contributed by atoms with Gasteiger partial charge in [-0.15, -0.1) is 0 Å². The van der Waals surface area contributed by atoms with Crippen LogP contribution in [0.1, 0.15) is 63.5 Å². The smallest absolute Gasteiger partial charge is 0.451 e. The van der Waals surface area contributed by atoms with Gasteiger partial charge in [0.25, 0.3) is 5.91 Å². The zero-order valence-electron chi connectivity index (χ0n) is 25.7. The van der Waals surface area contributed by atoms with Gasteiger partial charge in [0.2, 0.25) is 17.6 Å². The van der Waals surface area contributed by atoms with Gasteiger partial charge in [-0.3, -0.25) is 19.2 Å². The number of carbonyl (C=O) groups excluding carboxylic acids is 4. The van der Waals surface area contributed by atoms with Gasteiger partial charge in [0.15, 0.2) is 0 Å². The number of amides is 3. The molecule has 0 bridgehead atoms. The number of benzene rings is 1. The third kappa shape index (κ3) is 7.77. The number of hydrogen-bond acceptors (Lipinski definition) is 7. The van der Waals surface area contributed by atoms with E-state index in [9.17, 15) is 32.3 Å². The number of hydrogen-bond donors (Lipinski definition) is 2. The highest BCUT2D eigenvalue weighted by atomic mass is 19.4. The molecule has 1 fully saturated rings. The van der Waals surface area contributed by atoms with E-state index in [1.165, 1.54) is 24.9 Å². The van der Waals surface area contributed by atoms with Gasteiger partial charge >= 0.3 is 12.1 Å². The van der Waals surface area contributed by atoms with Crippen LogP contribution in [0.2, 0.25) is 0 Å². The van der Waals surface area contributed by atoms with Crippen LogP contribution in [0.4, 0.5) is 13.2 Å². The first-order valence-electron chi connectivity index (χ1n) is 14.2. The molecule has 2 N–H and O–H groups in total. The Morgan fingerprint density at radius 3 is 2.23 bits per heavy atom. The molecule has 1 aromatic carbocycles. The van der Waals surface area contributed by atoms with Crippen LogP contribution in [0.5, 0.6) is 5.75 Å². The molecule has 0 spiro atoms. The van der Waals surface area contributed by atoms with Crippen molar-refractivity contribution in [1.82, 2.24) is 25.3 Å². The molecular weight excluding hydrogens is 583 g/mol. The van der Waals surface area contributed by atoms with Crippen LogP contribution < -0.4 is 15.4 Å². The van der Waals surface area contributed by atoms with Crippen molar-refractivity contribution in [3.63, 3.8) is 0 Å². The van der Waals surface area contributed by atoms with E-state index in [0.717, 1.165) is 6.92 Å². The summed E-state index contributed by atoms with van der Waals surface area (Å²) < 4.78 is 52.4. The first-order valence-corrected chi connectivity index (χ1v) is 14.2. The lowest BCUT2D eigenvalue weighted by Gasteiger charge is -2.31. The van der Waals surface area contributed by atoms with E-state index in [1.807, 2.05) is 0 Å². The number of allylic oxidation sites excluding steroid dienone is 2. The van der Waals surface area contributed by atoms with Gasteiger partial charge in [0.1, 0.15) is 17.8 Å². The number of nitrogens with zero attached hydrogens (tertiary/aromatic N) is 3. The van der Waals surface area contributed by atoms with Crippen molar-refractivity contribution in [1.29, 1.82) is 0 Å². The van der Waals surface area contributed by atoms with Gasteiger partial charge in [-0.2, -0.15) is 18.3 Å². The summed E-state index contributed by atoms with van der Waals surface area (Å²) >= 11 is 0. The summed E-state index contributed by atoms with van der Waals surface area (Å²) in [6, 6.07) is 4.94. The summed E-state index contributed by atoms with van der Waals surface area (Å²) in [6.45, 7) is 8.99. The normalized spacial score (nSPS) is 16.5. The van der Waals surface area contributed by atoms with Crippen molar-refractivity contribution in [2.75, 3.05) is 13.7 Å². The maximum atomic E-state index is 13.7. The van der Waals surface area contributed by atoms with Crippen molar-refractivity contribution in [3.8, 4) is 11.4 Å². The van der Waals surface area contributed by atoms with Crippen molar-refractivity contribution in [3.05, 3.63) is 53.2 Å². The minimum absolute atomic E-state index is 0.168. The lowest BCUT2D eigenvalue weighted by molar-refractivity contribution is -0.159. The molecule has 2 atom stereocenters. The third-order valence-corrected chi connectivity index (χ3v) is 7.21. The molecule has 3 amide bonds. The number of rotatable bonds is 10. The molecular formula is C30H38F3N5O6. The summed E-state index contributed by atoms with van der Waals surface area (Å²) in [6.07, 6.45) is -3.03. The molecule has 14 heteroatoms. The van der Waals surface area contributed by atoms with Gasteiger partial charge < -0.3 is 25.0 Å². The molecule has 1 aromatic heterocycles. The molecule has 0 aliphatic carbocycles. The maximum Gasteiger partial charge on any atom is 0.451 e. The molecule has 1 aliphatic rings. The van der Waals surface area contributed by atoms with Gasteiger partial charge in [0, 0.05) is 13.5 Å². The van der Waals surface area contributed by atoms with E-state index in [2.05, 4.69) is 20.5 Å². The Morgan fingerprint density at radius 1 is 1.07 bits per heavy atom. The second-order valence-corrected chi connectivity index (χ2v) is 11.1. The Hall–Kier alpha value is -4.36. The molecule has 1 aliphatic heterocycles. The van der Waals surface area contributed by atoms with E-state index >= 15 is 0 Å². The zero-order valence-corrected chi connectivity index (χ0v) is 25.7. The Bertz CT molecular complexity index is 1420. The quantitative estimate of drug-likeness (QED) is 0.302. The second kappa shape index (κ2) is 14.0. The summed E-state index contributed by atoms with van der Waals surface area (Å²) in [5, 5.41) is 9.34.